The third-order valence-electron chi connectivity index (χ3n) is 2.52. The lowest BCUT2D eigenvalue weighted by Gasteiger charge is -2.13. The van der Waals surface area contributed by atoms with Crippen molar-refractivity contribution in [2.75, 3.05) is 31.4 Å². The van der Waals surface area contributed by atoms with Crippen molar-refractivity contribution in [1.29, 1.82) is 0 Å². The lowest BCUT2D eigenvalue weighted by atomic mass is 10.2. The highest BCUT2D eigenvalue weighted by molar-refractivity contribution is 5.59. The maximum atomic E-state index is 13.8. The fourth-order valence-corrected chi connectivity index (χ4v) is 1.50. The van der Waals surface area contributed by atoms with Crippen LogP contribution in [0.25, 0.3) is 11.4 Å². The summed E-state index contributed by atoms with van der Waals surface area (Å²) in [4.78, 5) is 13.6. The SMILES string of the molecule is CNc1nc(-c2ccc(F)c(F)c2F)nc(N(C)C)n1. The van der Waals surface area contributed by atoms with Crippen LogP contribution in [-0.2, 0) is 0 Å². The summed E-state index contributed by atoms with van der Waals surface area (Å²) in [6.45, 7) is 0. The number of rotatable bonds is 3. The summed E-state index contributed by atoms with van der Waals surface area (Å²) in [6, 6.07) is 1.91. The molecule has 0 unspecified atom stereocenters. The van der Waals surface area contributed by atoms with Gasteiger partial charge >= 0.3 is 0 Å². The van der Waals surface area contributed by atoms with Crippen LogP contribution in [0, 0.1) is 17.5 Å². The zero-order valence-corrected chi connectivity index (χ0v) is 11.1. The minimum Gasteiger partial charge on any atom is -0.357 e. The Kier molecular flexibility index (Phi) is 3.73. The summed E-state index contributed by atoms with van der Waals surface area (Å²) in [5, 5.41) is 2.70. The first-order chi connectivity index (χ1) is 9.43. The van der Waals surface area contributed by atoms with E-state index in [9.17, 15) is 13.2 Å². The molecule has 0 aliphatic heterocycles. The third kappa shape index (κ3) is 2.49. The van der Waals surface area contributed by atoms with Crippen molar-refractivity contribution in [1.82, 2.24) is 15.0 Å². The Balaban J connectivity index is 2.63. The van der Waals surface area contributed by atoms with Gasteiger partial charge in [0, 0.05) is 21.1 Å². The Labute approximate surface area is 113 Å². The Bertz CT molecular complexity index is 645. The molecule has 0 bridgehead atoms. The van der Waals surface area contributed by atoms with E-state index in [4.69, 9.17) is 0 Å². The number of anilines is 2. The van der Waals surface area contributed by atoms with Gasteiger partial charge in [-0.1, -0.05) is 0 Å². The van der Waals surface area contributed by atoms with Crippen LogP contribution in [0.15, 0.2) is 12.1 Å². The average molecular weight is 283 g/mol. The number of nitrogens with one attached hydrogen (secondary N) is 1. The summed E-state index contributed by atoms with van der Waals surface area (Å²) in [6.07, 6.45) is 0. The fraction of sp³-hybridized carbons (Fsp3) is 0.250. The van der Waals surface area contributed by atoms with Gasteiger partial charge in [-0.05, 0) is 12.1 Å². The number of hydrogen-bond acceptors (Lipinski definition) is 5. The number of aromatic nitrogens is 3. The lowest BCUT2D eigenvalue weighted by molar-refractivity contribution is 0.448. The highest BCUT2D eigenvalue weighted by Crippen LogP contribution is 2.24. The van der Waals surface area contributed by atoms with Crippen LogP contribution in [0.2, 0.25) is 0 Å². The van der Waals surface area contributed by atoms with E-state index in [1.165, 1.54) is 0 Å². The lowest BCUT2D eigenvalue weighted by Crippen LogP contribution is -2.15. The molecule has 0 saturated carbocycles. The van der Waals surface area contributed by atoms with Gasteiger partial charge < -0.3 is 10.2 Å². The van der Waals surface area contributed by atoms with E-state index < -0.39 is 17.5 Å². The van der Waals surface area contributed by atoms with Crippen molar-refractivity contribution in [3.63, 3.8) is 0 Å². The molecule has 2 aromatic rings. The highest BCUT2D eigenvalue weighted by Gasteiger charge is 2.18. The Hall–Kier alpha value is -2.38. The third-order valence-corrected chi connectivity index (χ3v) is 2.52. The predicted octanol–water partition coefficient (Wildman–Crippen LogP) is 2.06. The van der Waals surface area contributed by atoms with Gasteiger partial charge in [-0.3, -0.25) is 0 Å². The van der Waals surface area contributed by atoms with Gasteiger partial charge in [-0.15, -0.1) is 0 Å². The average Bonchev–Trinajstić information content (AvgIpc) is 2.44. The van der Waals surface area contributed by atoms with E-state index >= 15 is 0 Å². The highest BCUT2D eigenvalue weighted by atomic mass is 19.2. The van der Waals surface area contributed by atoms with Gasteiger partial charge in [0.15, 0.2) is 23.3 Å². The predicted molar refractivity (Wildman–Crippen MR) is 69.0 cm³/mol. The zero-order chi connectivity index (χ0) is 14.9. The molecule has 8 heteroatoms. The van der Waals surface area contributed by atoms with Crippen LogP contribution in [0.1, 0.15) is 0 Å². The van der Waals surface area contributed by atoms with Crippen molar-refractivity contribution in [3.8, 4) is 11.4 Å². The summed E-state index contributed by atoms with van der Waals surface area (Å²) in [5.74, 6) is -3.76. The van der Waals surface area contributed by atoms with Crippen LogP contribution in [0.5, 0.6) is 0 Å². The molecule has 2 rings (SSSR count). The van der Waals surface area contributed by atoms with E-state index in [0.29, 0.717) is 0 Å². The maximum absolute atomic E-state index is 13.8. The molecular weight excluding hydrogens is 271 g/mol. The smallest absolute Gasteiger partial charge is 0.230 e. The summed E-state index contributed by atoms with van der Waals surface area (Å²) in [5.41, 5.74) is -0.231. The molecule has 0 fully saturated rings. The van der Waals surface area contributed by atoms with Crippen LogP contribution < -0.4 is 10.2 Å². The summed E-state index contributed by atoms with van der Waals surface area (Å²) >= 11 is 0. The Morgan fingerprint density at radius 2 is 1.70 bits per heavy atom. The number of halogens is 3. The minimum absolute atomic E-state index is 0.0792. The van der Waals surface area contributed by atoms with Crippen molar-refractivity contribution in [3.05, 3.63) is 29.6 Å². The molecule has 1 aromatic carbocycles. The van der Waals surface area contributed by atoms with E-state index in [0.717, 1.165) is 12.1 Å². The minimum atomic E-state index is -1.56. The summed E-state index contributed by atoms with van der Waals surface area (Å²) in [7, 11) is 4.97. The van der Waals surface area contributed by atoms with E-state index in [2.05, 4.69) is 20.3 Å². The largest absolute Gasteiger partial charge is 0.357 e. The van der Waals surface area contributed by atoms with E-state index in [-0.39, 0.29) is 23.3 Å². The summed E-state index contributed by atoms with van der Waals surface area (Å²) < 4.78 is 40.0. The second kappa shape index (κ2) is 5.32. The van der Waals surface area contributed by atoms with Gasteiger partial charge in [-0.25, -0.2) is 13.2 Å². The standard InChI is InChI=1S/C12H12F3N5/c1-16-11-17-10(18-12(19-11)20(2)3)6-4-5-7(13)9(15)8(6)14/h4-5H,1-3H3,(H,16,17,18,19). The first kappa shape index (κ1) is 14.0. The van der Waals surface area contributed by atoms with E-state index in [1.807, 2.05) is 0 Å². The molecule has 0 radical (unpaired) electrons. The molecule has 0 aliphatic carbocycles. The topological polar surface area (TPSA) is 53.9 Å². The Morgan fingerprint density at radius 1 is 1.00 bits per heavy atom. The zero-order valence-electron chi connectivity index (χ0n) is 11.1. The molecule has 1 N–H and O–H groups in total. The van der Waals surface area contributed by atoms with Crippen LogP contribution in [0.3, 0.4) is 0 Å². The maximum Gasteiger partial charge on any atom is 0.230 e. The first-order valence-corrected chi connectivity index (χ1v) is 5.69. The first-order valence-electron chi connectivity index (χ1n) is 5.69. The monoisotopic (exact) mass is 283 g/mol. The fourth-order valence-electron chi connectivity index (χ4n) is 1.50. The van der Waals surface area contributed by atoms with Gasteiger partial charge in [0.1, 0.15) is 0 Å². The van der Waals surface area contributed by atoms with Crippen molar-refractivity contribution in [2.24, 2.45) is 0 Å². The van der Waals surface area contributed by atoms with Crippen molar-refractivity contribution >= 4 is 11.9 Å². The Morgan fingerprint density at radius 3 is 2.30 bits per heavy atom. The van der Waals surface area contributed by atoms with Gasteiger partial charge in [0.05, 0.1) is 5.56 Å². The quantitative estimate of drug-likeness (QED) is 0.874. The van der Waals surface area contributed by atoms with Crippen molar-refractivity contribution in [2.45, 2.75) is 0 Å². The molecule has 1 heterocycles. The van der Waals surface area contributed by atoms with E-state index in [1.54, 1.807) is 26.0 Å². The molecule has 20 heavy (non-hydrogen) atoms. The van der Waals surface area contributed by atoms with Crippen LogP contribution in [0.4, 0.5) is 25.1 Å². The van der Waals surface area contributed by atoms with Gasteiger partial charge in [-0.2, -0.15) is 15.0 Å². The number of benzene rings is 1. The molecule has 0 amide bonds. The second-order valence-corrected chi connectivity index (χ2v) is 4.15. The molecular formula is C12H12F3N5. The van der Waals surface area contributed by atoms with Crippen molar-refractivity contribution < 1.29 is 13.2 Å². The van der Waals surface area contributed by atoms with Gasteiger partial charge in [0.2, 0.25) is 11.9 Å². The molecule has 0 aliphatic rings. The second-order valence-electron chi connectivity index (χ2n) is 4.15. The normalized spacial score (nSPS) is 10.5. The van der Waals surface area contributed by atoms with Crippen LogP contribution >= 0.6 is 0 Å². The van der Waals surface area contributed by atoms with Gasteiger partial charge in [0.25, 0.3) is 0 Å². The molecule has 5 nitrogen and oxygen atoms in total. The molecule has 0 spiro atoms. The molecule has 106 valence electrons. The number of hydrogen-bond donors (Lipinski definition) is 1. The molecule has 0 atom stereocenters. The molecule has 1 aromatic heterocycles. The molecule has 0 saturated heterocycles. The van der Waals surface area contributed by atoms with Crippen LogP contribution in [-0.4, -0.2) is 36.1 Å². The number of nitrogens with zero attached hydrogens (tertiary/aromatic N) is 4.